The fourth-order valence-corrected chi connectivity index (χ4v) is 3.56. The average Bonchev–Trinajstić information content (AvgIpc) is 2.71. The van der Waals surface area contributed by atoms with Gasteiger partial charge in [0.05, 0.1) is 10.8 Å². The minimum Gasteiger partial charge on any atom is -0.462 e. The molecule has 1 heterocycles. The number of hydrogen-bond acceptors (Lipinski definition) is 10. The molecule has 38 heavy (non-hydrogen) atoms. The van der Waals surface area contributed by atoms with Crippen LogP contribution in [-0.4, -0.2) is 79.9 Å². The van der Waals surface area contributed by atoms with Gasteiger partial charge in [-0.25, -0.2) is 0 Å². The third-order valence-corrected chi connectivity index (χ3v) is 6.36. The molecular formula is C20H29Cl3F3NO10S. The van der Waals surface area contributed by atoms with Gasteiger partial charge in [-0.05, 0) is 41.5 Å². The predicted molar refractivity (Wildman–Crippen MR) is 127 cm³/mol. The molecule has 18 heteroatoms. The normalized spacial score (nSPS) is 25.4. The Morgan fingerprint density at radius 2 is 1.42 bits per heavy atom. The maximum atomic E-state index is 13.3. The molecule has 1 saturated heterocycles. The van der Waals surface area contributed by atoms with E-state index in [0.29, 0.717) is 0 Å². The molecule has 1 rings (SSSR count). The summed E-state index contributed by atoms with van der Waals surface area (Å²) in [5, 5.41) is 2.11. The molecule has 0 unspecified atom stereocenters. The fraction of sp³-hybridized carbons (Fsp3) is 0.850. The van der Waals surface area contributed by atoms with Gasteiger partial charge in [-0.3, -0.25) is 18.6 Å². The highest BCUT2D eigenvalue weighted by molar-refractivity contribution is 7.87. The highest BCUT2D eigenvalue weighted by Crippen LogP contribution is 2.35. The topological polar surface area (TPSA) is 144 Å². The highest BCUT2D eigenvalue weighted by Gasteiger charge is 2.57. The van der Waals surface area contributed by atoms with Crippen molar-refractivity contribution >= 4 is 62.8 Å². The van der Waals surface area contributed by atoms with E-state index in [1.54, 1.807) is 0 Å². The molecule has 0 aromatic heterocycles. The number of nitrogens with one attached hydrogen (secondary N) is 1. The molecule has 0 saturated carbocycles. The van der Waals surface area contributed by atoms with E-state index in [-0.39, 0.29) is 0 Å². The van der Waals surface area contributed by atoms with Gasteiger partial charge in [0.2, 0.25) is 0 Å². The number of alkyl halides is 6. The van der Waals surface area contributed by atoms with Crippen molar-refractivity contribution in [1.82, 2.24) is 5.32 Å². The Labute approximate surface area is 233 Å². The van der Waals surface area contributed by atoms with Gasteiger partial charge in [0, 0.05) is 7.11 Å². The summed E-state index contributed by atoms with van der Waals surface area (Å²) in [6, 6.07) is -1.77. The molecule has 0 aliphatic carbocycles. The van der Waals surface area contributed by atoms with Gasteiger partial charge in [-0.15, -0.1) is 0 Å². The van der Waals surface area contributed by atoms with Crippen molar-refractivity contribution in [3.8, 4) is 0 Å². The number of methoxy groups -OCH3 is 1. The number of esters is 2. The second-order valence-corrected chi connectivity index (χ2v) is 14.0. The van der Waals surface area contributed by atoms with Crippen LogP contribution in [0.3, 0.4) is 0 Å². The van der Waals surface area contributed by atoms with Crippen molar-refractivity contribution in [1.29, 1.82) is 0 Å². The Bertz CT molecular complexity index is 990. The van der Waals surface area contributed by atoms with Crippen LogP contribution >= 0.6 is 34.8 Å². The molecule has 1 N–H and O–H groups in total. The maximum Gasteiger partial charge on any atom is 0.523 e. The van der Waals surface area contributed by atoms with Crippen molar-refractivity contribution < 1.29 is 59.1 Å². The number of carbonyl (C=O) groups excluding carboxylic acids is 3. The quantitative estimate of drug-likeness (QED) is 0.191. The predicted octanol–water partition coefficient (Wildman–Crippen LogP) is 2.99. The summed E-state index contributed by atoms with van der Waals surface area (Å²) in [6.07, 6.45) is -7.84. The fourth-order valence-electron chi connectivity index (χ4n) is 2.76. The van der Waals surface area contributed by atoms with E-state index in [2.05, 4.69) is 9.50 Å². The Hall–Kier alpha value is -1.10. The summed E-state index contributed by atoms with van der Waals surface area (Å²) in [6.45, 7) is 7.75. The number of amides is 1. The smallest absolute Gasteiger partial charge is 0.462 e. The minimum atomic E-state index is -6.35. The van der Waals surface area contributed by atoms with E-state index < -0.39 is 85.3 Å². The first-order valence-corrected chi connectivity index (χ1v) is 13.3. The zero-order valence-electron chi connectivity index (χ0n) is 21.4. The Morgan fingerprint density at radius 3 is 1.82 bits per heavy atom. The second-order valence-electron chi connectivity index (χ2n) is 10.2. The molecule has 1 amide bonds. The maximum absolute atomic E-state index is 13.3. The van der Waals surface area contributed by atoms with E-state index in [1.165, 1.54) is 41.5 Å². The lowest BCUT2D eigenvalue weighted by molar-refractivity contribution is -0.266. The zero-order chi connectivity index (χ0) is 30.1. The van der Waals surface area contributed by atoms with E-state index >= 15 is 0 Å². The van der Waals surface area contributed by atoms with Crippen LogP contribution in [0.4, 0.5) is 13.2 Å². The van der Waals surface area contributed by atoms with Crippen LogP contribution in [0.2, 0.25) is 0 Å². The van der Waals surface area contributed by atoms with Crippen LogP contribution < -0.4 is 5.32 Å². The zero-order valence-corrected chi connectivity index (χ0v) is 24.4. The van der Waals surface area contributed by atoms with Crippen molar-refractivity contribution in [3.63, 3.8) is 0 Å². The first-order valence-electron chi connectivity index (χ1n) is 10.8. The monoisotopic (exact) mass is 637 g/mol. The lowest BCUT2D eigenvalue weighted by atomic mass is 9.94. The molecule has 1 fully saturated rings. The lowest BCUT2D eigenvalue weighted by Gasteiger charge is -2.45. The number of carbonyl (C=O) groups is 3. The molecule has 1 aliphatic rings. The number of rotatable bonds is 7. The summed E-state index contributed by atoms with van der Waals surface area (Å²) < 4.78 is 86.7. The third kappa shape index (κ3) is 9.24. The van der Waals surface area contributed by atoms with Gasteiger partial charge in [-0.2, -0.15) is 21.6 Å². The van der Waals surface area contributed by atoms with Gasteiger partial charge >= 0.3 is 27.6 Å². The molecule has 5 atom stereocenters. The first kappa shape index (κ1) is 34.9. The average molecular weight is 639 g/mol. The van der Waals surface area contributed by atoms with Crippen LogP contribution in [0, 0.1) is 10.8 Å². The van der Waals surface area contributed by atoms with Crippen LogP contribution in [-0.2, 0) is 47.6 Å². The van der Waals surface area contributed by atoms with Gasteiger partial charge in [-0.1, -0.05) is 34.8 Å². The van der Waals surface area contributed by atoms with E-state index in [9.17, 15) is 36.0 Å². The molecule has 11 nitrogen and oxygen atoms in total. The minimum absolute atomic E-state index is 0.831. The van der Waals surface area contributed by atoms with Gasteiger partial charge in [0.15, 0.2) is 12.4 Å². The van der Waals surface area contributed by atoms with Crippen molar-refractivity contribution in [2.45, 2.75) is 81.5 Å². The number of ether oxygens (including phenoxy) is 4. The lowest BCUT2D eigenvalue weighted by Crippen LogP contribution is -2.68. The molecule has 222 valence electrons. The molecule has 0 aromatic carbocycles. The van der Waals surface area contributed by atoms with Gasteiger partial charge in [0.25, 0.3) is 9.70 Å². The molecule has 0 aromatic rings. The Kier molecular flexibility index (Phi) is 11.2. The number of hydrogen-bond donors (Lipinski definition) is 1. The molecular weight excluding hydrogens is 610 g/mol. The Morgan fingerprint density at radius 1 is 0.921 bits per heavy atom. The van der Waals surface area contributed by atoms with Crippen LogP contribution in [0.25, 0.3) is 0 Å². The van der Waals surface area contributed by atoms with Crippen LogP contribution in [0.1, 0.15) is 41.5 Å². The number of halogens is 6. The molecule has 0 radical (unpaired) electrons. The largest absolute Gasteiger partial charge is 0.523 e. The third-order valence-electron chi connectivity index (χ3n) is 4.80. The van der Waals surface area contributed by atoms with Crippen LogP contribution in [0.5, 0.6) is 0 Å². The summed E-state index contributed by atoms with van der Waals surface area (Å²) in [7, 11) is -5.30. The van der Waals surface area contributed by atoms with E-state index in [1.807, 2.05) is 0 Å². The molecule has 0 spiro atoms. The van der Waals surface area contributed by atoms with Crippen molar-refractivity contribution in [2.24, 2.45) is 10.8 Å². The Balaban J connectivity index is 3.68. The van der Waals surface area contributed by atoms with E-state index in [4.69, 9.17) is 53.8 Å². The second kappa shape index (κ2) is 12.2. The summed E-state index contributed by atoms with van der Waals surface area (Å²) in [5.41, 5.74) is -8.25. The summed E-state index contributed by atoms with van der Waals surface area (Å²) in [5.74, 6) is -3.22. The first-order chi connectivity index (χ1) is 16.8. The summed E-state index contributed by atoms with van der Waals surface area (Å²) >= 11 is 16.7. The standard InChI is InChI=1S/C20H29Cl3F3NO10S/c1-17(2,3)15(29)34-8-9-11(37-38(31,32)20(24,25)26)12(36-16(30)18(4,5)6)10(13(33-7)35-9)27-14(28)19(21,22)23/h9-13H,8H2,1-7H3,(H,27,28)/t9-,10-,11-,12-,13-/m1/s1. The molecule has 0 bridgehead atoms. The SMILES string of the molecule is CO[C@@H]1O[C@H](COC(=O)C(C)(C)C)[C@@H](OS(=O)(=O)C(F)(F)F)[C@H](OC(=O)C(C)(C)C)[C@H]1NC(=O)C(Cl)(Cl)Cl. The highest BCUT2D eigenvalue weighted by atomic mass is 35.6. The van der Waals surface area contributed by atoms with Crippen molar-refractivity contribution in [3.05, 3.63) is 0 Å². The van der Waals surface area contributed by atoms with Gasteiger partial charge < -0.3 is 24.3 Å². The van der Waals surface area contributed by atoms with E-state index in [0.717, 1.165) is 7.11 Å². The molecule has 1 aliphatic heterocycles. The van der Waals surface area contributed by atoms with Gasteiger partial charge in [0.1, 0.15) is 24.9 Å². The summed E-state index contributed by atoms with van der Waals surface area (Å²) in [4.78, 5) is 37.5. The van der Waals surface area contributed by atoms with Crippen LogP contribution in [0.15, 0.2) is 0 Å². The van der Waals surface area contributed by atoms with Crippen molar-refractivity contribution in [2.75, 3.05) is 13.7 Å².